The summed E-state index contributed by atoms with van der Waals surface area (Å²) >= 11 is 1.27. The molecule has 0 saturated carbocycles. The summed E-state index contributed by atoms with van der Waals surface area (Å²) in [5.74, 6) is -0.0194. The van der Waals surface area contributed by atoms with Gasteiger partial charge < -0.3 is 14.3 Å². The van der Waals surface area contributed by atoms with Crippen LogP contribution in [-0.4, -0.2) is 16.7 Å². The van der Waals surface area contributed by atoms with Crippen LogP contribution in [0.2, 0.25) is 0 Å². The summed E-state index contributed by atoms with van der Waals surface area (Å²) in [5.41, 5.74) is 2.65. The molecular weight excluding hydrogens is 310 g/mol. The lowest BCUT2D eigenvalue weighted by molar-refractivity contribution is -0.305. The van der Waals surface area contributed by atoms with E-state index in [2.05, 4.69) is 4.98 Å². The molecule has 116 valence electrons. The van der Waals surface area contributed by atoms with E-state index in [-0.39, 0.29) is 6.42 Å². The van der Waals surface area contributed by atoms with Crippen molar-refractivity contribution in [1.82, 2.24) is 4.98 Å². The fourth-order valence-electron chi connectivity index (χ4n) is 2.16. The topological polar surface area (TPSA) is 66.2 Å². The average Bonchev–Trinajstić information content (AvgIpc) is 3.00. The molecule has 0 atom stereocenters. The van der Waals surface area contributed by atoms with Crippen LogP contribution in [-0.2, 0) is 4.79 Å². The number of aromatic nitrogens is 1. The van der Waals surface area contributed by atoms with Crippen LogP contribution in [0.4, 0.5) is 0 Å². The maximum absolute atomic E-state index is 10.5. The molecule has 2 aromatic carbocycles. The first-order chi connectivity index (χ1) is 11.2. The number of carbonyl (C=O) groups excluding carboxylic acids is 1. The highest BCUT2D eigenvalue weighted by Gasteiger charge is 2.16. The molecule has 0 saturated heterocycles. The summed E-state index contributed by atoms with van der Waals surface area (Å²) < 4.78 is 5.88. The van der Waals surface area contributed by atoms with Gasteiger partial charge in [0, 0.05) is 22.8 Å². The standard InChI is InChI=1S/C18H15NO3S/c20-15(21)11-12-23-18-19-16(13-7-3-1-4-8-13)17(22-18)14-9-5-2-6-10-14/h1-10H,11-12H2,(H,20,21)/p-1. The van der Waals surface area contributed by atoms with Crippen molar-refractivity contribution in [3.63, 3.8) is 0 Å². The third-order valence-electron chi connectivity index (χ3n) is 3.22. The van der Waals surface area contributed by atoms with Gasteiger partial charge in [-0.15, -0.1) is 0 Å². The van der Waals surface area contributed by atoms with E-state index in [9.17, 15) is 9.90 Å². The molecule has 1 aromatic heterocycles. The smallest absolute Gasteiger partial charge is 0.256 e. The summed E-state index contributed by atoms with van der Waals surface area (Å²) in [5, 5.41) is 11.0. The van der Waals surface area contributed by atoms with E-state index >= 15 is 0 Å². The molecule has 0 amide bonds. The third kappa shape index (κ3) is 3.81. The summed E-state index contributed by atoms with van der Waals surface area (Å²) in [4.78, 5) is 15.1. The number of thioether (sulfide) groups is 1. The Kier molecular flexibility index (Phi) is 4.78. The molecule has 0 unspecified atom stereocenters. The summed E-state index contributed by atoms with van der Waals surface area (Å²) in [7, 11) is 0. The van der Waals surface area contributed by atoms with Gasteiger partial charge in [-0.3, -0.25) is 0 Å². The van der Waals surface area contributed by atoms with Crippen molar-refractivity contribution in [2.24, 2.45) is 0 Å². The van der Waals surface area contributed by atoms with Gasteiger partial charge in [-0.1, -0.05) is 72.4 Å². The second kappa shape index (κ2) is 7.15. The second-order valence-electron chi connectivity index (χ2n) is 4.86. The summed E-state index contributed by atoms with van der Waals surface area (Å²) in [6.07, 6.45) is -0.0333. The Morgan fingerprint density at radius 1 is 1.00 bits per heavy atom. The quantitative estimate of drug-likeness (QED) is 0.651. The van der Waals surface area contributed by atoms with E-state index in [1.54, 1.807) is 0 Å². The molecule has 3 aromatic rings. The van der Waals surface area contributed by atoms with E-state index in [1.807, 2.05) is 60.7 Å². The number of benzene rings is 2. The monoisotopic (exact) mass is 324 g/mol. The molecule has 0 radical (unpaired) electrons. The zero-order chi connectivity index (χ0) is 16.1. The molecular formula is C18H14NO3S-. The van der Waals surface area contributed by atoms with Gasteiger partial charge in [0.25, 0.3) is 5.22 Å². The van der Waals surface area contributed by atoms with Crippen LogP contribution in [0.25, 0.3) is 22.6 Å². The normalized spacial score (nSPS) is 10.6. The highest BCUT2D eigenvalue weighted by molar-refractivity contribution is 7.99. The van der Waals surface area contributed by atoms with Crippen LogP contribution >= 0.6 is 11.8 Å². The highest BCUT2D eigenvalue weighted by Crippen LogP contribution is 2.35. The van der Waals surface area contributed by atoms with Crippen molar-refractivity contribution >= 4 is 17.7 Å². The number of carbonyl (C=O) groups is 1. The molecule has 23 heavy (non-hydrogen) atoms. The van der Waals surface area contributed by atoms with Crippen LogP contribution in [0.15, 0.2) is 70.3 Å². The molecule has 0 aliphatic carbocycles. The summed E-state index contributed by atoms with van der Waals surface area (Å²) in [6.45, 7) is 0. The Hall–Kier alpha value is -2.53. The minimum absolute atomic E-state index is 0.0333. The molecule has 1 heterocycles. The molecule has 0 bridgehead atoms. The molecule has 0 fully saturated rings. The molecule has 5 heteroatoms. The SMILES string of the molecule is O=C([O-])CCSc1nc(-c2ccccc2)c(-c2ccccc2)o1. The van der Waals surface area contributed by atoms with E-state index < -0.39 is 5.97 Å². The third-order valence-corrected chi connectivity index (χ3v) is 4.05. The number of rotatable bonds is 6. The van der Waals surface area contributed by atoms with Gasteiger partial charge in [0.2, 0.25) is 0 Å². The van der Waals surface area contributed by atoms with Crippen LogP contribution in [0.3, 0.4) is 0 Å². The largest absolute Gasteiger partial charge is 0.550 e. The number of aliphatic carboxylic acids is 1. The van der Waals surface area contributed by atoms with Crippen LogP contribution in [0, 0.1) is 0 Å². The predicted molar refractivity (Wildman–Crippen MR) is 87.7 cm³/mol. The number of hydrogen-bond acceptors (Lipinski definition) is 5. The first kappa shape index (κ1) is 15.4. The van der Waals surface area contributed by atoms with Crippen LogP contribution in [0.5, 0.6) is 0 Å². The maximum atomic E-state index is 10.5. The minimum Gasteiger partial charge on any atom is -0.550 e. The van der Waals surface area contributed by atoms with Gasteiger partial charge in [0.15, 0.2) is 5.76 Å². The Morgan fingerprint density at radius 2 is 1.61 bits per heavy atom. The maximum Gasteiger partial charge on any atom is 0.256 e. The van der Waals surface area contributed by atoms with Gasteiger partial charge in [0.05, 0.1) is 0 Å². The van der Waals surface area contributed by atoms with E-state index in [1.165, 1.54) is 11.8 Å². The molecule has 0 N–H and O–H groups in total. The van der Waals surface area contributed by atoms with Gasteiger partial charge in [0.1, 0.15) is 5.69 Å². The predicted octanol–water partition coefficient (Wildman–Crippen LogP) is 3.24. The van der Waals surface area contributed by atoms with Crippen molar-refractivity contribution < 1.29 is 14.3 Å². The minimum atomic E-state index is -1.07. The van der Waals surface area contributed by atoms with Crippen molar-refractivity contribution in [3.8, 4) is 22.6 Å². The Balaban J connectivity index is 1.96. The molecule has 0 aliphatic rings. The number of oxazole rings is 1. The number of nitrogens with zero attached hydrogens (tertiary/aromatic N) is 1. The first-order valence-corrected chi connectivity index (χ1v) is 8.17. The lowest BCUT2D eigenvalue weighted by atomic mass is 10.1. The van der Waals surface area contributed by atoms with Crippen LogP contribution in [0.1, 0.15) is 6.42 Å². The lowest BCUT2D eigenvalue weighted by Crippen LogP contribution is -2.22. The van der Waals surface area contributed by atoms with E-state index in [0.29, 0.717) is 16.7 Å². The van der Waals surface area contributed by atoms with E-state index in [4.69, 9.17) is 4.42 Å². The van der Waals surface area contributed by atoms with Gasteiger partial charge in [-0.2, -0.15) is 0 Å². The van der Waals surface area contributed by atoms with Crippen molar-refractivity contribution in [3.05, 3.63) is 60.7 Å². The van der Waals surface area contributed by atoms with Crippen molar-refractivity contribution in [2.75, 3.05) is 5.75 Å². The second-order valence-corrected chi connectivity index (χ2v) is 5.91. The Bertz CT molecular complexity index is 728. The fraction of sp³-hybridized carbons (Fsp3) is 0.111. The molecule has 4 nitrogen and oxygen atoms in total. The van der Waals surface area contributed by atoms with Gasteiger partial charge in [-0.25, -0.2) is 4.98 Å². The van der Waals surface area contributed by atoms with Crippen LogP contribution < -0.4 is 5.11 Å². The van der Waals surface area contributed by atoms with Crippen molar-refractivity contribution in [2.45, 2.75) is 11.6 Å². The lowest BCUT2D eigenvalue weighted by Gasteiger charge is -2.00. The van der Waals surface area contributed by atoms with Crippen molar-refractivity contribution in [1.29, 1.82) is 0 Å². The van der Waals surface area contributed by atoms with E-state index in [0.717, 1.165) is 16.8 Å². The summed E-state index contributed by atoms with van der Waals surface area (Å²) in [6, 6.07) is 19.5. The molecule has 0 aliphatic heterocycles. The van der Waals surface area contributed by atoms with Gasteiger partial charge >= 0.3 is 0 Å². The fourth-order valence-corrected chi connectivity index (χ4v) is 2.90. The van der Waals surface area contributed by atoms with Gasteiger partial charge in [-0.05, 0) is 6.42 Å². The number of hydrogen-bond donors (Lipinski definition) is 0. The molecule has 3 rings (SSSR count). The first-order valence-electron chi connectivity index (χ1n) is 7.18. The Morgan fingerprint density at radius 3 is 2.22 bits per heavy atom. The average molecular weight is 324 g/mol. The molecule has 0 spiro atoms. The highest BCUT2D eigenvalue weighted by atomic mass is 32.2. The Labute approximate surface area is 138 Å². The zero-order valence-corrected chi connectivity index (χ0v) is 13.1. The number of carboxylic acid groups (broad SMARTS) is 1. The zero-order valence-electron chi connectivity index (χ0n) is 12.3. The number of carboxylic acids is 1.